The van der Waals surface area contributed by atoms with E-state index < -0.39 is 0 Å². The summed E-state index contributed by atoms with van der Waals surface area (Å²) in [5.74, 6) is 1.88. The van der Waals surface area contributed by atoms with Gasteiger partial charge in [0.15, 0.2) is 0 Å². The summed E-state index contributed by atoms with van der Waals surface area (Å²) in [4.78, 5) is 2.48. The number of nitrogens with zero attached hydrogens (tertiary/aromatic N) is 4. The molecule has 2 heterocycles. The average molecular weight is 258 g/mol. The highest BCUT2D eigenvalue weighted by atomic mass is 15.4. The summed E-state index contributed by atoms with van der Waals surface area (Å²) in [5, 5.41) is 13.9. The highest BCUT2D eigenvalue weighted by molar-refractivity contribution is 5.58. The van der Waals surface area contributed by atoms with Gasteiger partial charge in [0.05, 0.1) is 5.69 Å². The Hall–Kier alpha value is -1.50. The Labute approximate surface area is 115 Å². The van der Waals surface area contributed by atoms with Crippen LogP contribution in [0.15, 0.2) is 0 Å². The van der Waals surface area contributed by atoms with E-state index in [1.54, 1.807) is 0 Å². The van der Waals surface area contributed by atoms with Crippen LogP contribution in [0.25, 0.3) is 0 Å². The Morgan fingerprint density at radius 2 is 1.95 bits per heavy atom. The molecule has 2 atom stereocenters. The van der Waals surface area contributed by atoms with Crippen molar-refractivity contribution in [3.8, 4) is 6.07 Å². The van der Waals surface area contributed by atoms with Crippen LogP contribution in [0, 0.1) is 24.2 Å². The molecule has 0 radical (unpaired) electrons. The minimum atomic E-state index is 0.629. The number of hydrogen-bond donors (Lipinski definition) is 0. The van der Waals surface area contributed by atoms with Gasteiger partial charge in [0.25, 0.3) is 0 Å². The molecule has 1 aliphatic carbocycles. The quantitative estimate of drug-likeness (QED) is 0.778. The summed E-state index contributed by atoms with van der Waals surface area (Å²) in [7, 11) is 1.97. The smallest absolute Gasteiger partial charge is 0.145 e. The van der Waals surface area contributed by atoms with Crippen LogP contribution >= 0.6 is 0 Å². The number of rotatable bonds is 1. The van der Waals surface area contributed by atoms with Gasteiger partial charge in [-0.15, -0.1) is 0 Å². The predicted molar refractivity (Wildman–Crippen MR) is 75.0 cm³/mol. The van der Waals surface area contributed by atoms with E-state index in [2.05, 4.69) is 16.1 Å². The molecule has 0 N–H and O–H groups in total. The number of nitriles is 1. The summed E-state index contributed by atoms with van der Waals surface area (Å²) in [6.45, 7) is 3.01. The van der Waals surface area contributed by atoms with Gasteiger partial charge in [-0.2, -0.15) is 10.4 Å². The third kappa shape index (κ3) is 2.01. The van der Waals surface area contributed by atoms with Crippen LogP contribution in [0.2, 0.25) is 0 Å². The molecule has 4 nitrogen and oxygen atoms in total. The molecule has 1 aliphatic heterocycles. The molecule has 2 aliphatic rings. The number of aryl methyl sites for hydroxylation is 2. The van der Waals surface area contributed by atoms with Crippen LogP contribution in [0.1, 0.15) is 49.8 Å². The Morgan fingerprint density at radius 3 is 2.74 bits per heavy atom. The molecule has 1 aromatic heterocycles. The lowest BCUT2D eigenvalue weighted by Crippen LogP contribution is -2.47. The molecule has 102 valence electrons. The third-order valence-corrected chi connectivity index (χ3v) is 4.82. The summed E-state index contributed by atoms with van der Waals surface area (Å²) in [6.07, 6.45) is 7.96. The van der Waals surface area contributed by atoms with Crippen LogP contribution in [-0.2, 0) is 7.05 Å². The molecule has 0 bridgehead atoms. The van der Waals surface area contributed by atoms with Gasteiger partial charge < -0.3 is 4.90 Å². The Bertz CT molecular complexity index is 509. The van der Waals surface area contributed by atoms with Gasteiger partial charge in [0, 0.05) is 19.6 Å². The van der Waals surface area contributed by atoms with Gasteiger partial charge in [0.2, 0.25) is 0 Å². The Morgan fingerprint density at radius 1 is 1.21 bits per heavy atom. The molecular formula is C15H22N4. The predicted octanol–water partition coefficient (Wildman–Crippen LogP) is 2.76. The number of fused-ring (bicyclic) bond motifs is 1. The van der Waals surface area contributed by atoms with Gasteiger partial charge in [-0.25, -0.2) is 0 Å². The fourth-order valence-corrected chi connectivity index (χ4v) is 3.99. The van der Waals surface area contributed by atoms with E-state index in [1.807, 2.05) is 18.7 Å². The fourth-order valence-electron chi connectivity index (χ4n) is 3.99. The third-order valence-electron chi connectivity index (χ3n) is 4.82. The summed E-state index contributed by atoms with van der Waals surface area (Å²) in [6, 6.07) is 2.98. The zero-order valence-electron chi connectivity index (χ0n) is 11.9. The van der Waals surface area contributed by atoms with Crippen molar-refractivity contribution < 1.29 is 0 Å². The van der Waals surface area contributed by atoms with Gasteiger partial charge in [-0.1, -0.05) is 12.8 Å². The standard InChI is InChI=1S/C15H22N4/c1-11-13(10-16)15(18(2)17-11)19-9-5-7-12-6-3-4-8-14(12)19/h12,14H,3-9H2,1-2H3. The van der Waals surface area contributed by atoms with Crippen LogP contribution in [0.5, 0.6) is 0 Å². The van der Waals surface area contributed by atoms with Crippen LogP contribution in [0.4, 0.5) is 5.82 Å². The van der Waals surface area contributed by atoms with Crippen molar-refractivity contribution in [3.05, 3.63) is 11.3 Å². The van der Waals surface area contributed by atoms with E-state index in [4.69, 9.17) is 0 Å². The Balaban J connectivity index is 1.99. The van der Waals surface area contributed by atoms with E-state index in [-0.39, 0.29) is 0 Å². The SMILES string of the molecule is Cc1nn(C)c(N2CCCC3CCCCC32)c1C#N. The van der Waals surface area contributed by atoms with Crippen molar-refractivity contribution >= 4 is 5.82 Å². The first-order valence-electron chi connectivity index (χ1n) is 7.42. The largest absolute Gasteiger partial charge is 0.352 e. The molecular weight excluding hydrogens is 236 g/mol. The number of aromatic nitrogens is 2. The first-order chi connectivity index (χ1) is 9.22. The van der Waals surface area contributed by atoms with Crippen molar-refractivity contribution in [2.45, 2.75) is 51.5 Å². The molecule has 2 unspecified atom stereocenters. The van der Waals surface area contributed by atoms with Gasteiger partial charge in [-0.05, 0) is 38.5 Å². The zero-order chi connectivity index (χ0) is 13.4. The summed E-state index contributed by atoms with van der Waals surface area (Å²) in [5.41, 5.74) is 1.63. The lowest BCUT2D eigenvalue weighted by atomic mass is 9.78. The van der Waals surface area contributed by atoms with Crippen molar-refractivity contribution in [2.75, 3.05) is 11.4 Å². The first kappa shape index (κ1) is 12.5. The number of hydrogen-bond acceptors (Lipinski definition) is 3. The minimum absolute atomic E-state index is 0.629. The number of anilines is 1. The van der Waals surface area contributed by atoms with E-state index in [9.17, 15) is 5.26 Å². The highest BCUT2D eigenvalue weighted by Crippen LogP contribution is 2.38. The molecule has 1 saturated carbocycles. The second-order valence-electron chi connectivity index (χ2n) is 5.97. The summed E-state index contributed by atoms with van der Waals surface area (Å²) >= 11 is 0. The fraction of sp³-hybridized carbons (Fsp3) is 0.733. The van der Waals surface area contributed by atoms with Crippen molar-refractivity contribution in [3.63, 3.8) is 0 Å². The minimum Gasteiger partial charge on any atom is -0.352 e. The van der Waals surface area contributed by atoms with E-state index in [0.29, 0.717) is 6.04 Å². The monoisotopic (exact) mass is 258 g/mol. The van der Waals surface area contributed by atoms with Crippen molar-refractivity contribution in [1.29, 1.82) is 5.26 Å². The lowest BCUT2D eigenvalue weighted by molar-refractivity contribution is 0.241. The second-order valence-corrected chi connectivity index (χ2v) is 5.97. The topological polar surface area (TPSA) is 44.9 Å². The molecule has 19 heavy (non-hydrogen) atoms. The maximum absolute atomic E-state index is 9.41. The Kier molecular flexibility index (Phi) is 3.22. The van der Waals surface area contributed by atoms with E-state index in [0.717, 1.165) is 29.5 Å². The van der Waals surface area contributed by atoms with Crippen molar-refractivity contribution in [1.82, 2.24) is 9.78 Å². The van der Waals surface area contributed by atoms with Crippen molar-refractivity contribution in [2.24, 2.45) is 13.0 Å². The molecule has 1 saturated heterocycles. The van der Waals surface area contributed by atoms with E-state index in [1.165, 1.54) is 38.5 Å². The highest BCUT2D eigenvalue weighted by Gasteiger charge is 2.35. The molecule has 0 aromatic carbocycles. The normalized spacial score (nSPS) is 26.9. The maximum atomic E-state index is 9.41. The van der Waals surface area contributed by atoms with Gasteiger partial charge in [0.1, 0.15) is 17.5 Å². The molecule has 2 fully saturated rings. The number of piperidine rings is 1. The van der Waals surface area contributed by atoms with Crippen LogP contribution in [-0.4, -0.2) is 22.4 Å². The molecule has 0 amide bonds. The average Bonchev–Trinajstić information content (AvgIpc) is 2.72. The van der Waals surface area contributed by atoms with Crippen LogP contribution in [0.3, 0.4) is 0 Å². The van der Waals surface area contributed by atoms with Crippen LogP contribution < -0.4 is 4.90 Å². The second kappa shape index (κ2) is 4.88. The van der Waals surface area contributed by atoms with Gasteiger partial charge in [-0.3, -0.25) is 4.68 Å². The van der Waals surface area contributed by atoms with Gasteiger partial charge >= 0.3 is 0 Å². The lowest BCUT2D eigenvalue weighted by Gasteiger charge is -2.45. The van der Waals surface area contributed by atoms with E-state index >= 15 is 0 Å². The molecule has 3 rings (SSSR count). The first-order valence-corrected chi connectivity index (χ1v) is 7.42. The summed E-state index contributed by atoms with van der Waals surface area (Å²) < 4.78 is 1.91. The molecule has 0 spiro atoms. The zero-order valence-corrected chi connectivity index (χ0v) is 11.9. The molecule has 1 aromatic rings. The molecule has 4 heteroatoms. The maximum Gasteiger partial charge on any atom is 0.145 e.